The summed E-state index contributed by atoms with van der Waals surface area (Å²) in [6.45, 7) is 0.0360. The highest BCUT2D eigenvalue weighted by Gasteiger charge is 2.30. The summed E-state index contributed by atoms with van der Waals surface area (Å²) in [5.41, 5.74) is 5.95. The largest absolute Gasteiger partial charge is 0.399 e. The lowest BCUT2D eigenvalue weighted by atomic mass is 10.2. The predicted molar refractivity (Wildman–Crippen MR) is 72.5 cm³/mol. The Morgan fingerprint density at radius 3 is 2.78 bits per heavy atom. The van der Waals surface area contributed by atoms with Crippen molar-refractivity contribution in [2.75, 3.05) is 12.3 Å². The molecule has 5 nitrogen and oxygen atoms in total. The fraction of sp³-hybridized carbons (Fsp3) is 0.455. The second-order valence-corrected chi connectivity index (χ2v) is 7.04. The zero-order chi connectivity index (χ0) is 13.3. The van der Waals surface area contributed by atoms with E-state index in [9.17, 15) is 13.5 Å². The molecule has 0 bridgehead atoms. The number of nitrogens with one attached hydrogen (secondary N) is 1. The van der Waals surface area contributed by atoms with Gasteiger partial charge in [0.2, 0.25) is 10.0 Å². The number of halogens is 1. The van der Waals surface area contributed by atoms with E-state index in [2.05, 4.69) is 20.7 Å². The molecule has 2 rings (SSSR count). The minimum atomic E-state index is -3.65. The molecule has 100 valence electrons. The number of benzene rings is 1. The van der Waals surface area contributed by atoms with Crippen LogP contribution in [0, 0.1) is 5.92 Å². The monoisotopic (exact) mass is 334 g/mol. The van der Waals surface area contributed by atoms with E-state index < -0.39 is 16.1 Å². The molecule has 1 aliphatic carbocycles. The van der Waals surface area contributed by atoms with Crippen LogP contribution in [0.2, 0.25) is 0 Å². The van der Waals surface area contributed by atoms with Gasteiger partial charge in [-0.05, 0) is 52.9 Å². The maximum absolute atomic E-state index is 12.0. The maximum atomic E-state index is 12.0. The van der Waals surface area contributed by atoms with Crippen molar-refractivity contribution in [3.8, 4) is 0 Å². The van der Waals surface area contributed by atoms with Gasteiger partial charge in [0, 0.05) is 16.7 Å². The lowest BCUT2D eigenvalue weighted by Crippen LogP contribution is -2.33. The minimum Gasteiger partial charge on any atom is -0.399 e. The number of aliphatic hydroxyl groups is 1. The first-order valence-electron chi connectivity index (χ1n) is 5.63. The van der Waals surface area contributed by atoms with Gasteiger partial charge in [0.1, 0.15) is 0 Å². The molecule has 1 aliphatic rings. The van der Waals surface area contributed by atoms with Crippen LogP contribution in [0.4, 0.5) is 5.69 Å². The van der Waals surface area contributed by atoms with Crippen LogP contribution < -0.4 is 10.5 Å². The van der Waals surface area contributed by atoms with Crippen LogP contribution in [0.5, 0.6) is 0 Å². The summed E-state index contributed by atoms with van der Waals surface area (Å²) in [4.78, 5) is 0.0884. The van der Waals surface area contributed by atoms with Gasteiger partial charge in [0.25, 0.3) is 0 Å². The van der Waals surface area contributed by atoms with Crippen LogP contribution in [-0.4, -0.2) is 26.2 Å². The van der Waals surface area contributed by atoms with Gasteiger partial charge in [-0.2, -0.15) is 0 Å². The number of hydrogen-bond acceptors (Lipinski definition) is 4. The summed E-state index contributed by atoms with van der Waals surface area (Å²) in [6, 6.07) is 4.58. The Morgan fingerprint density at radius 2 is 2.17 bits per heavy atom. The van der Waals surface area contributed by atoms with Gasteiger partial charge < -0.3 is 10.8 Å². The van der Waals surface area contributed by atoms with Crippen LogP contribution in [0.1, 0.15) is 12.8 Å². The topological polar surface area (TPSA) is 92.4 Å². The van der Waals surface area contributed by atoms with Gasteiger partial charge in [0.05, 0.1) is 11.0 Å². The molecule has 18 heavy (non-hydrogen) atoms. The highest BCUT2D eigenvalue weighted by molar-refractivity contribution is 9.10. The van der Waals surface area contributed by atoms with Gasteiger partial charge in [-0.3, -0.25) is 0 Å². The quantitative estimate of drug-likeness (QED) is 0.702. The van der Waals surface area contributed by atoms with Crippen LogP contribution in [0.25, 0.3) is 0 Å². The summed E-state index contributed by atoms with van der Waals surface area (Å²) >= 11 is 3.18. The molecule has 0 heterocycles. The number of anilines is 1. The van der Waals surface area contributed by atoms with E-state index in [1.54, 1.807) is 12.1 Å². The van der Waals surface area contributed by atoms with Gasteiger partial charge in [-0.1, -0.05) is 0 Å². The van der Waals surface area contributed by atoms with E-state index >= 15 is 0 Å². The van der Waals surface area contributed by atoms with E-state index in [1.165, 1.54) is 6.07 Å². The number of nitrogens with two attached hydrogens (primary N) is 1. The molecule has 7 heteroatoms. The Morgan fingerprint density at radius 1 is 1.50 bits per heavy atom. The number of aliphatic hydroxyl groups excluding tert-OH is 1. The van der Waals surface area contributed by atoms with Crippen molar-refractivity contribution >= 4 is 31.6 Å². The average molecular weight is 335 g/mol. The summed E-state index contributed by atoms with van der Waals surface area (Å²) in [6.07, 6.45) is 1.31. The van der Waals surface area contributed by atoms with E-state index in [0.29, 0.717) is 10.2 Å². The molecule has 0 spiro atoms. The molecule has 1 atom stereocenters. The third-order valence-corrected chi connectivity index (χ3v) is 5.31. The Hall–Kier alpha value is -0.630. The van der Waals surface area contributed by atoms with Crippen LogP contribution in [0.3, 0.4) is 0 Å². The molecule has 1 aromatic rings. The molecule has 1 fully saturated rings. The lowest BCUT2D eigenvalue weighted by Gasteiger charge is -2.12. The van der Waals surface area contributed by atoms with Crippen LogP contribution in [0.15, 0.2) is 27.6 Å². The predicted octanol–water partition coefficient (Wildman–Crippen LogP) is 1.08. The highest BCUT2D eigenvalue weighted by atomic mass is 79.9. The third-order valence-electron chi connectivity index (χ3n) is 2.89. The minimum absolute atomic E-state index is 0.0360. The molecule has 1 unspecified atom stereocenters. The molecule has 0 aromatic heterocycles. The number of sulfonamides is 1. The summed E-state index contributed by atoms with van der Waals surface area (Å²) in [5.74, 6) is 0.233. The molecule has 4 N–H and O–H groups in total. The molecule has 1 saturated carbocycles. The summed E-state index contributed by atoms with van der Waals surface area (Å²) < 4.78 is 26.9. The standard InChI is InChI=1S/C11H15BrN2O3S/c12-9-4-3-8(13)5-11(9)18(16,17)14-6-10(15)7-1-2-7/h3-5,7,10,14-15H,1-2,6,13H2. The van der Waals surface area contributed by atoms with E-state index in [-0.39, 0.29) is 17.4 Å². The second-order valence-electron chi connectivity index (χ2n) is 4.45. The molecule has 0 radical (unpaired) electrons. The summed E-state index contributed by atoms with van der Waals surface area (Å²) in [7, 11) is -3.65. The van der Waals surface area contributed by atoms with Crippen LogP contribution in [-0.2, 0) is 10.0 Å². The second kappa shape index (κ2) is 5.16. The zero-order valence-electron chi connectivity index (χ0n) is 9.64. The lowest BCUT2D eigenvalue weighted by molar-refractivity contribution is 0.155. The first-order valence-corrected chi connectivity index (χ1v) is 7.90. The third kappa shape index (κ3) is 3.23. The fourth-order valence-electron chi connectivity index (χ4n) is 1.65. The van der Waals surface area contributed by atoms with Gasteiger partial charge >= 0.3 is 0 Å². The zero-order valence-corrected chi connectivity index (χ0v) is 12.0. The Balaban J connectivity index is 2.11. The van der Waals surface area contributed by atoms with E-state index in [1.807, 2.05) is 0 Å². The smallest absolute Gasteiger partial charge is 0.241 e. The van der Waals surface area contributed by atoms with Crippen LogP contribution >= 0.6 is 15.9 Å². The van der Waals surface area contributed by atoms with Gasteiger partial charge in [0.15, 0.2) is 0 Å². The first kappa shape index (κ1) is 13.8. The molecule has 0 saturated heterocycles. The average Bonchev–Trinajstić information content (AvgIpc) is 3.13. The molecule has 1 aromatic carbocycles. The maximum Gasteiger partial charge on any atom is 0.241 e. The molecular formula is C11H15BrN2O3S. The van der Waals surface area contributed by atoms with Crippen molar-refractivity contribution in [1.82, 2.24) is 4.72 Å². The van der Waals surface area contributed by atoms with Crippen molar-refractivity contribution < 1.29 is 13.5 Å². The summed E-state index contributed by atoms with van der Waals surface area (Å²) in [5, 5.41) is 9.66. The molecule has 0 amide bonds. The van der Waals surface area contributed by atoms with Crippen molar-refractivity contribution in [2.45, 2.75) is 23.8 Å². The van der Waals surface area contributed by atoms with Crippen molar-refractivity contribution in [3.05, 3.63) is 22.7 Å². The molecular weight excluding hydrogens is 320 g/mol. The normalized spacial score (nSPS) is 17.7. The Labute approximate surface area is 115 Å². The number of rotatable bonds is 5. The molecule has 0 aliphatic heterocycles. The fourth-order valence-corrected chi connectivity index (χ4v) is 3.69. The van der Waals surface area contributed by atoms with Crippen molar-refractivity contribution in [1.29, 1.82) is 0 Å². The van der Waals surface area contributed by atoms with Gasteiger partial charge in [-0.15, -0.1) is 0 Å². The number of nitrogen functional groups attached to an aromatic ring is 1. The Kier molecular flexibility index (Phi) is 3.96. The van der Waals surface area contributed by atoms with Crippen molar-refractivity contribution in [3.63, 3.8) is 0 Å². The Bertz CT molecular complexity index is 543. The van der Waals surface area contributed by atoms with Crippen molar-refractivity contribution in [2.24, 2.45) is 5.92 Å². The first-order chi connectivity index (χ1) is 8.40. The SMILES string of the molecule is Nc1ccc(Br)c(S(=O)(=O)NCC(O)C2CC2)c1. The van der Waals surface area contributed by atoms with E-state index in [4.69, 9.17) is 5.73 Å². The van der Waals surface area contributed by atoms with E-state index in [0.717, 1.165) is 12.8 Å². The van der Waals surface area contributed by atoms with Gasteiger partial charge in [-0.25, -0.2) is 13.1 Å². The number of hydrogen-bond donors (Lipinski definition) is 3. The highest BCUT2D eigenvalue weighted by Crippen LogP contribution is 2.32.